The lowest BCUT2D eigenvalue weighted by atomic mass is 10.2. The maximum Gasteiger partial charge on any atom is 0.170 e. The van der Waals surface area contributed by atoms with Crippen molar-refractivity contribution in [3.63, 3.8) is 0 Å². The average Bonchev–Trinajstić information content (AvgIpc) is 3.08. The van der Waals surface area contributed by atoms with E-state index in [0.29, 0.717) is 18.3 Å². The number of thioether (sulfide) groups is 1. The van der Waals surface area contributed by atoms with Gasteiger partial charge in [0.15, 0.2) is 16.6 Å². The first-order chi connectivity index (χ1) is 11.3. The first-order valence-electron chi connectivity index (χ1n) is 7.36. The Morgan fingerprint density at radius 1 is 1.17 bits per heavy atom. The number of benzene rings is 1. The third kappa shape index (κ3) is 4.80. The van der Waals surface area contributed by atoms with Crippen molar-refractivity contribution in [2.75, 3.05) is 30.8 Å². The van der Waals surface area contributed by atoms with E-state index in [9.17, 15) is 0 Å². The summed E-state index contributed by atoms with van der Waals surface area (Å²) >= 11 is 7.10. The molecule has 122 valence electrons. The summed E-state index contributed by atoms with van der Waals surface area (Å²) in [5.74, 6) is 4.33. The highest BCUT2D eigenvalue weighted by atomic mass is 32.2. The lowest BCUT2D eigenvalue weighted by Gasteiger charge is -2.19. The zero-order chi connectivity index (χ0) is 15.9. The van der Waals surface area contributed by atoms with Crippen molar-refractivity contribution >= 4 is 34.8 Å². The van der Waals surface area contributed by atoms with Gasteiger partial charge in [-0.05, 0) is 36.5 Å². The van der Waals surface area contributed by atoms with E-state index in [1.165, 1.54) is 0 Å². The second-order valence-electron chi connectivity index (χ2n) is 4.87. The Balaban J connectivity index is 1.37. The van der Waals surface area contributed by atoms with Crippen molar-refractivity contribution in [2.24, 2.45) is 0 Å². The molecule has 0 saturated heterocycles. The molecule has 3 rings (SSSR count). The smallest absolute Gasteiger partial charge is 0.170 e. The molecule has 0 unspecified atom stereocenters. The van der Waals surface area contributed by atoms with Gasteiger partial charge in [-0.25, -0.2) is 0 Å². The summed E-state index contributed by atoms with van der Waals surface area (Å²) in [6, 6.07) is 9.59. The Kier molecular flexibility index (Phi) is 5.65. The zero-order valence-electron chi connectivity index (χ0n) is 12.5. The van der Waals surface area contributed by atoms with Gasteiger partial charge >= 0.3 is 0 Å². The van der Waals surface area contributed by atoms with E-state index in [4.69, 9.17) is 26.1 Å². The molecular weight excluding hydrogens is 332 g/mol. The monoisotopic (exact) mass is 350 g/mol. The SMILES string of the molecule is S=C(NCCSCc1ccco1)Nc1ccc2c(c1)OCCO2. The number of furan rings is 1. The van der Waals surface area contributed by atoms with Crippen LogP contribution in [0.25, 0.3) is 0 Å². The molecule has 0 amide bonds. The van der Waals surface area contributed by atoms with Crippen LogP contribution in [0.3, 0.4) is 0 Å². The van der Waals surface area contributed by atoms with Crippen molar-refractivity contribution < 1.29 is 13.9 Å². The third-order valence-electron chi connectivity index (χ3n) is 3.16. The van der Waals surface area contributed by atoms with E-state index in [-0.39, 0.29) is 0 Å². The van der Waals surface area contributed by atoms with Crippen LogP contribution in [0.4, 0.5) is 5.69 Å². The molecule has 0 fully saturated rings. The molecule has 0 radical (unpaired) electrons. The zero-order valence-corrected chi connectivity index (χ0v) is 14.2. The van der Waals surface area contributed by atoms with Crippen molar-refractivity contribution in [3.05, 3.63) is 42.4 Å². The van der Waals surface area contributed by atoms with Gasteiger partial charge in [0.1, 0.15) is 19.0 Å². The van der Waals surface area contributed by atoms with E-state index in [0.717, 1.165) is 41.0 Å². The standard InChI is InChI=1S/C16H18N2O3S2/c22-16(17-5-9-23-11-13-2-1-6-19-13)18-12-3-4-14-15(10-12)21-8-7-20-14/h1-4,6,10H,5,7-9,11H2,(H2,17,18,22). The Hall–Kier alpha value is -1.86. The molecule has 2 heterocycles. The minimum Gasteiger partial charge on any atom is -0.486 e. The van der Waals surface area contributed by atoms with Crippen molar-refractivity contribution in [1.82, 2.24) is 5.32 Å². The molecule has 2 N–H and O–H groups in total. The van der Waals surface area contributed by atoms with Gasteiger partial charge in [-0.15, -0.1) is 0 Å². The lowest BCUT2D eigenvalue weighted by Crippen LogP contribution is -2.30. The Morgan fingerprint density at radius 2 is 2.04 bits per heavy atom. The first-order valence-corrected chi connectivity index (χ1v) is 8.92. The number of hydrogen-bond acceptors (Lipinski definition) is 5. The quantitative estimate of drug-likeness (QED) is 0.612. The minimum atomic E-state index is 0.575. The average molecular weight is 350 g/mol. The number of nitrogens with one attached hydrogen (secondary N) is 2. The predicted octanol–water partition coefficient (Wildman–Crippen LogP) is 3.27. The number of rotatable bonds is 6. The fourth-order valence-corrected chi connectivity index (χ4v) is 3.08. The van der Waals surface area contributed by atoms with Gasteiger partial charge in [-0.3, -0.25) is 0 Å². The summed E-state index contributed by atoms with van der Waals surface area (Å²) in [6.45, 7) is 1.96. The van der Waals surface area contributed by atoms with Crippen molar-refractivity contribution in [3.8, 4) is 11.5 Å². The number of thiocarbonyl (C=S) groups is 1. The van der Waals surface area contributed by atoms with Crippen molar-refractivity contribution in [1.29, 1.82) is 0 Å². The second-order valence-corrected chi connectivity index (χ2v) is 6.38. The van der Waals surface area contributed by atoms with Gasteiger partial charge in [0.05, 0.1) is 12.0 Å². The first kappa shape index (κ1) is 16.0. The normalized spacial score (nSPS) is 12.7. The number of anilines is 1. The second kappa shape index (κ2) is 8.12. The van der Waals surface area contributed by atoms with Crippen LogP contribution in [-0.4, -0.2) is 30.6 Å². The molecule has 1 aromatic heterocycles. The van der Waals surface area contributed by atoms with Crippen LogP contribution < -0.4 is 20.1 Å². The maximum atomic E-state index is 5.55. The van der Waals surface area contributed by atoms with Crippen LogP contribution in [-0.2, 0) is 5.75 Å². The molecule has 0 saturated carbocycles. The summed E-state index contributed by atoms with van der Waals surface area (Å²) in [4.78, 5) is 0. The van der Waals surface area contributed by atoms with E-state index in [2.05, 4.69) is 10.6 Å². The van der Waals surface area contributed by atoms with Gasteiger partial charge in [0.2, 0.25) is 0 Å². The molecule has 5 nitrogen and oxygen atoms in total. The van der Waals surface area contributed by atoms with Gasteiger partial charge in [0.25, 0.3) is 0 Å². The highest BCUT2D eigenvalue weighted by molar-refractivity contribution is 7.98. The predicted molar refractivity (Wildman–Crippen MR) is 96.5 cm³/mol. The van der Waals surface area contributed by atoms with Gasteiger partial charge in [-0.1, -0.05) is 0 Å². The Morgan fingerprint density at radius 3 is 2.87 bits per heavy atom. The molecule has 7 heteroatoms. The largest absolute Gasteiger partial charge is 0.486 e. The van der Waals surface area contributed by atoms with Gasteiger partial charge < -0.3 is 24.5 Å². The molecule has 1 aliphatic heterocycles. The molecule has 2 aromatic rings. The summed E-state index contributed by atoms with van der Waals surface area (Å²) < 4.78 is 16.3. The molecule has 0 spiro atoms. The van der Waals surface area contributed by atoms with E-state index in [1.807, 2.05) is 30.3 Å². The molecule has 1 aromatic carbocycles. The topological polar surface area (TPSA) is 55.7 Å². The molecule has 23 heavy (non-hydrogen) atoms. The minimum absolute atomic E-state index is 0.575. The number of ether oxygens (including phenoxy) is 2. The lowest BCUT2D eigenvalue weighted by molar-refractivity contribution is 0.171. The highest BCUT2D eigenvalue weighted by Gasteiger charge is 2.11. The van der Waals surface area contributed by atoms with Crippen LogP contribution in [0.15, 0.2) is 41.0 Å². The summed E-state index contributed by atoms with van der Waals surface area (Å²) in [7, 11) is 0. The van der Waals surface area contributed by atoms with Crippen LogP contribution in [0, 0.1) is 0 Å². The summed E-state index contributed by atoms with van der Waals surface area (Å²) in [5.41, 5.74) is 0.884. The van der Waals surface area contributed by atoms with E-state index in [1.54, 1.807) is 18.0 Å². The third-order valence-corrected chi connectivity index (χ3v) is 4.38. The highest BCUT2D eigenvalue weighted by Crippen LogP contribution is 2.32. The number of fused-ring (bicyclic) bond motifs is 1. The fourth-order valence-electron chi connectivity index (χ4n) is 2.10. The van der Waals surface area contributed by atoms with E-state index < -0.39 is 0 Å². The molecule has 0 aliphatic carbocycles. The van der Waals surface area contributed by atoms with E-state index >= 15 is 0 Å². The van der Waals surface area contributed by atoms with Crippen LogP contribution in [0.2, 0.25) is 0 Å². The van der Waals surface area contributed by atoms with Crippen molar-refractivity contribution in [2.45, 2.75) is 5.75 Å². The number of hydrogen-bond donors (Lipinski definition) is 2. The van der Waals surface area contributed by atoms with Crippen LogP contribution >= 0.6 is 24.0 Å². The summed E-state index contributed by atoms with van der Waals surface area (Å²) in [5, 5.41) is 6.94. The fraction of sp³-hybridized carbons (Fsp3) is 0.312. The van der Waals surface area contributed by atoms with Gasteiger partial charge in [-0.2, -0.15) is 11.8 Å². The molecule has 0 bridgehead atoms. The molecule has 0 atom stereocenters. The van der Waals surface area contributed by atoms with Gasteiger partial charge in [0, 0.05) is 24.1 Å². The van der Waals surface area contributed by atoms with Crippen LogP contribution in [0.1, 0.15) is 5.76 Å². The summed E-state index contributed by atoms with van der Waals surface area (Å²) in [6.07, 6.45) is 1.69. The van der Waals surface area contributed by atoms with Crippen LogP contribution in [0.5, 0.6) is 11.5 Å². The molecular formula is C16H18N2O3S2. The Bertz CT molecular complexity index is 647. The molecule has 1 aliphatic rings. The maximum absolute atomic E-state index is 5.55. The Labute approximate surface area is 144 Å².